The highest BCUT2D eigenvalue weighted by Crippen LogP contribution is 2.18. The molecule has 0 heterocycles. The van der Waals surface area contributed by atoms with Crippen molar-refractivity contribution < 1.29 is 8.22 Å². The van der Waals surface area contributed by atoms with Crippen molar-refractivity contribution in [1.82, 2.24) is 0 Å². The van der Waals surface area contributed by atoms with E-state index in [4.69, 9.17) is 5.26 Å². The molecule has 0 aromatic heterocycles. The Morgan fingerprint density at radius 1 is 1.67 bits per heavy atom. The molecule has 9 heavy (non-hydrogen) atoms. The first kappa shape index (κ1) is 8.57. The summed E-state index contributed by atoms with van der Waals surface area (Å²) in [6.07, 6.45) is 0. The van der Waals surface area contributed by atoms with Gasteiger partial charge in [-0.15, -0.1) is 0 Å². The highest BCUT2D eigenvalue weighted by molar-refractivity contribution is 6.64. The normalized spacial score (nSPS) is 14.6. The van der Waals surface area contributed by atoms with Crippen molar-refractivity contribution in [3.8, 4) is 6.07 Å². The molecule has 0 aliphatic carbocycles. The Morgan fingerprint density at radius 2 is 2.11 bits per heavy atom. The third-order valence-corrected chi connectivity index (χ3v) is 2.21. The summed E-state index contributed by atoms with van der Waals surface area (Å²) < 4.78 is 24.3. The summed E-state index contributed by atoms with van der Waals surface area (Å²) in [6, 6.07) is 1.57. The summed E-state index contributed by atoms with van der Waals surface area (Å²) in [5.74, 6) is -0.489. The number of hydrogen-bond acceptors (Lipinski definition) is 1. The topological polar surface area (TPSA) is 23.8 Å². The van der Waals surface area contributed by atoms with E-state index < -0.39 is 14.7 Å². The molecule has 1 atom stereocenters. The quantitative estimate of drug-likeness (QED) is 0.436. The van der Waals surface area contributed by atoms with Gasteiger partial charge in [0.05, 0.1) is 6.07 Å². The van der Waals surface area contributed by atoms with Crippen LogP contribution in [-0.2, 0) is 0 Å². The van der Waals surface area contributed by atoms with Crippen LogP contribution in [0.5, 0.6) is 0 Å². The second-order valence-corrected chi connectivity index (χ2v) is 4.85. The molecule has 0 amide bonds. The van der Waals surface area contributed by atoms with Crippen LogP contribution in [0.1, 0.15) is 6.92 Å². The molecule has 0 rings (SSSR count). The second-order valence-electron chi connectivity index (χ2n) is 2.30. The van der Waals surface area contributed by atoms with Gasteiger partial charge in [0.2, 0.25) is 0 Å². The van der Waals surface area contributed by atoms with Crippen LogP contribution in [0.4, 0.5) is 8.22 Å². The van der Waals surface area contributed by atoms with Crippen molar-refractivity contribution >= 4 is 8.74 Å². The van der Waals surface area contributed by atoms with Gasteiger partial charge in [-0.05, 0) is 13.5 Å². The standard InChI is InChI=1S/C5H9F2NSi/c1-5(3-8)4-9(2,6)7/h5H,4H2,1-2H3. The van der Waals surface area contributed by atoms with Crippen LogP contribution in [-0.4, -0.2) is 8.74 Å². The first-order valence-electron chi connectivity index (χ1n) is 2.73. The fourth-order valence-corrected chi connectivity index (χ4v) is 1.75. The first-order chi connectivity index (χ1) is 3.95. The lowest BCUT2D eigenvalue weighted by Gasteiger charge is -2.05. The maximum absolute atomic E-state index is 12.1. The molecule has 0 N–H and O–H groups in total. The van der Waals surface area contributed by atoms with E-state index in [1.54, 1.807) is 6.07 Å². The zero-order chi connectivity index (χ0) is 7.49. The molecule has 0 aliphatic rings. The predicted octanol–water partition coefficient (Wildman–Crippen LogP) is 2.16. The summed E-state index contributed by atoms with van der Waals surface area (Å²) in [4.78, 5) is 0. The second kappa shape index (κ2) is 2.92. The Labute approximate surface area is 54.7 Å². The molecule has 1 unspecified atom stereocenters. The van der Waals surface area contributed by atoms with E-state index in [0.717, 1.165) is 6.55 Å². The molecule has 0 aliphatic heterocycles. The third-order valence-electron chi connectivity index (χ3n) is 0.885. The van der Waals surface area contributed by atoms with Crippen molar-refractivity contribution in [3.05, 3.63) is 0 Å². The van der Waals surface area contributed by atoms with E-state index in [2.05, 4.69) is 0 Å². The van der Waals surface area contributed by atoms with Crippen LogP contribution >= 0.6 is 0 Å². The molecule has 0 spiro atoms. The van der Waals surface area contributed by atoms with Gasteiger partial charge >= 0.3 is 8.74 Å². The monoisotopic (exact) mass is 149 g/mol. The van der Waals surface area contributed by atoms with Crippen molar-refractivity contribution in [1.29, 1.82) is 5.26 Å². The van der Waals surface area contributed by atoms with Crippen molar-refractivity contribution in [2.45, 2.75) is 19.5 Å². The molecule has 0 aromatic rings. The number of hydrogen-bond donors (Lipinski definition) is 0. The fraction of sp³-hybridized carbons (Fsp3) is 0.800. The van der Waals surface area contributed by atoms with E-state index in [1.807, 2.05) is 0 Å². The predicted molar refractivity (Wildman–Crippen MR) is 33.4 cm³/mol. The first-order valence-corrected chi connectivity index (χ1v) is 5.19. The van der Waals surface area contributed by atoms with Crippen LogP contribution in [0.3, 0.4) is 0 Å². The minimum Gasteiger partial charge on any atom is -0.271 e. The van der Waals surface area contributed by atoms with Crippen molar-refractivity contribution in [3.63, 3.8) is 0 Å². The maximum Gasteiger partial charge on any atom is 0.423 e. The van der Waals surface area contributed by atoms with E-state index >= 15 is 0 Å². The lowest BCUT2D eigenvalue weighted by molar-refractivity contribution is 0.583. The number of rotatable bonds is 2. The third kappa shape index (κ3) is 5.44. The molecule has 0 aromatic carbocycles. The van der Waals surface area contributed by atoms with E-state index in [0.29, 0.717) is 0 Å². The molecule has 0 saturated heterocycles. The zero-order valence-corrected chi connectivity index (χ0v) is 6.49. The molecule has 0 saturated carbocycles. The van der Waals surface area contributed by atoms with Crippen molar-refractivity contribution in [2.24, 2.45) is 5.92 Å². The molecular formula is C5H9F2NSi. The smallest absolute Gasteiger partial charge is 0.271 e. The van der Waals surface area contributed by atoms with Gasteiger partial charge in [-0.2, -0.15) is 5.26 Å². The summed E-state index contributed by atoms with van der Waals surface area (Å²) in [7, 11) is -3.96. The molecule has 0 bridgehead atoms. The molecule has 0 radical (unpaired) electrons. The Hall–Kier alpha value is -0.433. The molecule has 0 fully saturated rings. The summed E-state index contributed by atoms with van der Waals surface area (Å²) in [5.41, 5.74) is 0. The largest absolute Gasteiger partial charge is 0.423 e. The van der Waals surface area contributed by atoms with E-state index in [-0.39, 0.29) is 6.04 Å². The molecule has 1 nitrogen and oxygen atoms in total. The van der Waals surface area contributed by atoms with Gasteiger partial charge in [-0.3, -0.25) is 8.22 Å². The van der Waals surface area contributed by atoms with Gasteiger partial charge < -0.3 is 0 Å². The SMILES string of the molecule is CC(C#N)C[Si](C)(F)F. The van der Waals surface area contributed by atoms with Gasteiger partial charge in [-0.25, -0.2) is 0 Å². The van der Waals surface area contributed by atoms with Gasteiger partial charge in [0.15, 0.2) is 0 Å². The summed E-state index contributed by atoms with van der Waals surface area (Å²) in [5, 5.41) is 8.14. The van der Waals surface area contributed by atoms with E-state index in [9.17, 15) is 8.22 Å². The van der Waals surface area contributed by atoms with E-state index in [1.165, 1.54) is 6.92 Å². The Morgan fingerprint density at radius 3 is 2.22 bits per heavy atom. The lowest BCUT2D eigenvalue weighted by atomic mass is 10.3. The average molecular weight is 149 g/mol. The van der Waals surface area contributed by atoms with Crippen molar-refractivity contribution in [2.75, 3.05) is 0 Å². The minimum atomic E-state index is -3.96. The van der Waals surface area contributed by atoms with Gasteiger partial charge in [0.25, 0.3) is 0 Å². The maximum atomic E-state index is 12.1. The Bertz CT molecular complexity index is 124. The zero-order valence-electron chi connectivity index (χ0n) is 5.49. The number of nitrogens with zero attached hydrogens (tertiary/aromatic N) is 1. The number of halogens is 2. The van der Waals surface area contributed by atoms with Gasteiger partial charge in [0.1, 0.15) is 0 Å². The highest BCUT2D eigenvalue weighted by Gasteiger charge is 2.29. The Kier molecular flexibility index (Phi) is 2.78. The number of nitriles is 1. The highest BCUT2D eigenvalue weighted by atomic mass is 28.4. The lowest BCUT2D eigenvalue weighted by Crippen LogP contribution is -2.18. The van der Waals surface area contributed by atoms with Crippen LogP contribution in [0.15, 0.2) is 0 Å². The van der Waals surface area contributed by atoms with Crippen LogP contribution < -0.4 is 0 Å². The molecule has 4 heteroatoms. The van der Waals surface area contributed by atoms with Crippen LogP contribution in [0.2, 0.25) is 12.6 Å². The van der Waals surface area contributed by atoms with Crippen LogP contribution in [0.25, 0.3) is 0 Å². The minimum absolute atomic E-state index is 0.205. The molecule has 52 valence electrons. The summed E-state index contributed by atoms with van der Waals surface area (Å²) in [6.45, 7) is 2.48. The van der Waals surface area contributed by atoms with Gasteiger partial charge in [-0.1, -0.05) is 0 Å². The fourth-order valence-electron chi connectivity index (χ4n) is 0.583. The summed E-state index contributed by atoms with van der Waals surface area (Å²) >= 11 is 0. The molecular weight excluding hydrogens is 140 g/mol. The van der Waals surface area contributed by atoms with Gasteiger partial charge in [0, 0.05) is 12.0 Å². The van der Waals surface area contributed by atoms with Crippen LogP contribution in [0, 0.1) is 17.2 Å². The average Bonchev–Trinajstić information content (AvgIpc) is 1.62. The Balaban J connectivity index is 3.63.